The maximum absolute atomic E-state index is 5.77. The molecule has 0 N–H and O–H groups in total. The van der Waals surface area contributed by atoms with Gasteiger partial charge in [-0.1, -0.05) is 86.0 Å². The molecule has 164 valence electrons. The van der Waals surface area contributed by atoms with Crippen molar-refractivity contribution in [3.8, 4) is 0 Å². The van der Waals surface area contributed by atoms with E-state index >= 15 is 0 Å². The molecule has 0 amide bonds. The van der Waals surface area contributed by atoms with Crippen molar-refractivity contribution < 1.29 is 17.0 Å². The number of halogens is 2. The summed E-state index contributed by atoms with van der Waals surface area (Å²) < 4.78 is 0. The molecule has 0 unspecified atom stereocenters. The molecule has 0 aliphatic heterocycles. The first-order chi connectivity index (χ1) is 14.9. The lowest BCUT2D eigenvalue weighted by Crippen LogP contribution is -3.00. The largest absolute Gasteiger partial charge is 1.00 e. The van der Waals surface area contributed by atoms with Gasteiger partial charge in [0.25, 0.3) is 0 Å². The molecule has 3 rings (SSSR count). The van der Waals surface area contributed by atoms with Crippen molar-refractivity contribution >= 4 is 34.8 Å². The highest BCUT2D eigenvalue weighted by Gasteiger charge is 2.43. The van der Waals surface area contributed by atoms with Crippen LogP contribution in [0, 0.1) is 0 Å². The van der Waals surface area contributed by atoms with Gasteiger partial charge in [0, 0.05) is 5.88 Å². The van der Waals surface area contributed by atoms with Crippen molar-refractivity contribution in [2.24, 2.45) is 0 Å². The van der Waals surface area contributed by atoms with Gasteiger partial charge in [-0.3, -0.25) is 0 Å². The quantitative estimate of drug-likeness (QED) is 0.147. The lowest BCUT2D eigenvalue weighted by molar-refractivity contribution is -0.00000588. The highest BCUT2D eigenvalue weighted by Crippen LogP contribution is 2.55. The van der Waals surface area contributed by atoms with Gasteiger partial charge in [-0.25, -0.2) is 0 Å². The maximum atomic E-state index is 5.77. The van der Waals surface area contributed by atoms with Gasteiger partial charge in [-0.15, -0.1) is 11.6 Å². The summed E-state index contributed by atoms with van der Waals surface area (Å²) in [5.74, 6) is 0.796. The van der Waals surface area contributed by atoms with Crippen LogP contribution in [0.5, 0.6) is 0 Å². The predicted octanol–water partition coefficient (Wildman–Crippen LogP) is 4.12. The van der Waals surface area contributed by atoms with E-state index < -0.39 is 7.26 Å². The number of hydrogen-bond acceptors (Lipinski definition) is 0. The van der Waals surface area contributed by atoms with Gasteiger partial charge in [-0.05, 0) is 55.7 Å². The minimum atomic E-state index is -1.73. The van der Waals surface area contributed by atoms with Crippen molar-refractivity contribution in [2.45, 2.75) is 38.5 Å². The lowest BCUT2D eigenvalue weighted by atomic mass is 10.1. The molecule has 0 fully saturated rings. The van der Waals surface area contributed by atoms with E-state index in [1.165, 1.54) is 48.0 Å². The van der Waals surface area contributed by atoms with E-state index in [4.69, 9.17) is 11.6 Å². The summed E-state index contributed by atoms with van der Waals surface area (Å²) in [7, 11) is -1.73. The maximum Gasteiger partial charge on any atom is 0.115 e. The van der Waals surface area contributed by atoms with Crippen LogP contribution in [-0.4, -0.2) is 12.0 Å². The van der Waals surface area contributed by atoms with Gasteiger partial charge < -0.3 is 17.0 Å². The molecule has 0 nitrogen and oxygen atoms in total. The van der Waals surface area contributed by atoms with Crippen LogP contribution in [0.1, 0.15) is 38.5 Å². The number of rotatable bonds is 12. The summed E-state index contributed by atoms with van der Waals surface area (Å²) in [5, 5.41) is 4.36. The molecule has 0 bridgehead atoms. The summed E-state index contributed by atoms with van der Waals surface area (Å²) in [4.78, 5) is 0. The van der Waals surface area contributed by atoms with E-state index in [1.54, 1.807) is 0 Å². The third-order valence-electron chi connectivity index (χ3n) is 5.64. The molecular formula is C28H33BrClP. The lowest BCUT2D eigenvalue weighted by Gasteiger charge is -2.26. The molecule has 3 aromatic carbocycles. The molecule has 0 saturated heterocycles. The van der Waals surface area contributed by atoms with Crippen LogP contribution in [0.2, 0.25) is 0 Å². The second-order valence-corrected chi connectivity index (χ2v) is 11.6. The van der Waals surface area contributed by atoms with Crippen LogP contribution in [0.15, 0.2) is 103 Å². The van der Waals surface area contributed by atoms with E-state index in [0.717, 1.165) is 18.5 Å². The topological polar surface area (TPSA) is 0 Å². The Kier molecular flexibility index (Phi) is 12.2. The Hall–Kier alpha value is -1.40. The molecule has 0 aliphatic rings. The van der Waals surface area contributed by atoms with Crippen LogP contribution < -0.4 is 32.9 Å². The Labute approximate surface area is 204 Å². The highest BCUT2D eigenvalue weighted by molar-refractivity contribution is 7.95. The zero-order valence-electron chi connectivity index (χ0n) is 18.2. The van der Waals surface area contributed by atoms with Crippen LogP contribution >= 0.6 is 18.9 Å². The third kappa shape index (κ3) is 7.31. The van der Waals surface area contributed by atoms with Crippen LogP contribution in [0.4, 0.5) is 0 Å². The minimum absolute atomic E-state index is 0. The molecule has 3 aromatic rings. The fourth-order valence-electron chi connectivity index (χ4n) is 4.05. The van der Waals surface area contributed by atoms with Crippen LogP contribution in [0.25, 0.3) is 0 Å². The molecule has 0 heterocycles. The molecule has 3 heteroatoms. The van der Waals surface area contributed by atoms with E-state index in [2.05, 4.69) is 103 Å². The number of allylic oxidation sites excluding steroid dienone is 2. The van der Waals surface area contributed by atoms with E-state index in [-0.39, 0.29) is 17.0 Å². The third-order valence-corrected chi connectivity index (χ3v) is 10.2. The zero-order valence-corrected chi connectivity index (χ0v) is 21.4. The van der Waals surface area contributed by atoms with Gasteiger partial charge in [0.1, 0.15) is 23.2 Å². The number of benzene rings is 3. The van der Waals surface area contributed by atoms with Crippen molar-refractivity contribution in [3.05, 3.63) is 103 Å². The monoisotopic (exact) mass is 514 g/mol. The number of hydrogen-bond donors (Lipinski definition) is 0. The second-order valence-electron chi connectivity index (χ2n) is 7.72. The van der Waals surface area contributed by atoms with Crippen molar-refractivity contribution in [1.82, 2.24) is 0 Å². The van der Waals surface area contributed by atoms with Gasteiger partial charge in [0.15, 0.2) is 0 Å². The number of alkyl halides is 1. The fourth-order valence-corrected chi connectivity index (χ4v) is 8.27. The Balaban J connectivity index is 0.00000341. The summed E-state index contributed by atoms with van der Waals surface area (Å²) in [6.07, 6.45) is 13.4. The summed E-state index contributed by atoms with van der Waals surface area (Å²) in [6, 6.07) is 33.4. The minimum Gasteiger partial charge on any atom is -1.00 e. The number of unbranched alkanes of at least 4 members (excludes halogenated alkanes) is 5. The normalized spacial score (nSPS) is 11.4. The van der Waals surface area contributed by atoms with Crippen molar-refractivity contribution in [3.63, 3.8) is 0 Å². The van der Waals surface area contributed by atoms with Crippen molar-refractivity contribution in [2.75, 3.05) is 12.0 Å². The van der Waals surface area contributed by atoms with Gasteiger partial charge in [-0.2, -0.15) is 0 Å². The first kappa shape index (κ1) is 25.9. The predicted molar refractivity (Wildman–Crippen MR) is 138 cm³/mol. The smallest absolute Gasteiger partial charge is 0.115 e. The zero-order chi connectivity index (χ0) is 20.9. The molecule has 0 radical (unpaired) electrons. The highest BCUT2D eigenvalue weighted by atomic mass is 79.9. The molecular weight excluding hydrogens is 483 g/mol. The Morgan fingerprint density at radius 2 is 0.968 bits per heavy atom. The Morgan fingerprint density at radius 1 is 0.548 bits per heavy atom. The Bertz CT molecular complexity index is 769. The van der Waals surface area contributed by atoms with Crippen LogP contribution in [-0.2, 0) is 0 Å². The summed E-state index contributed by atoms with van der Waals surface area (Å²) in [5.41, 5.74) is 0. The average molecular weight is 516 g/mol. The van der Waals surface area contributed by atoms with Gasteiger partial charge >= 0.3 is 0 Å². The van der Waals surface area contributed by atoms with Crippen LogP contribution in [0.3, 0.4) is 0 Å². The van der Waals surface area contributed by atoms with Gasteiger partial charge in [0.2, 0.25) is 0 Å². The SMILES string of the molecule is ClCCCCCCCC=CC[P+](c1ccccc1)(c1ccccc1)c1ccccc1.[Br-]. The standard InChI is InChI=1S/C28H33ClP.BrH/c29-24-16-5-3-1-2-4-6-17-25-30(26-18-10-7-11-19-26,27-20-12-8-13-21-27)28-22-14-9-15-23-28;/h6-15,17-23H,1-5,16,24-25H2;1H/q+1;/p-1. The fraction of sp³-hybridized carbons (Fsp3) is 0.286. The molecule has 0 spiro atoms. The Morgan fingerprint density at radius 3 is 1.42 bits per heavy atom. The molecule has 0 atom stereocenters. The van der Waals surface area contributed by atoms with E-state index in [9.17, 15) is 0 Å². The van der Waals surface area contributed by atoms with E-state index in [0.29, 0.717) is 0 Å². The molecule has 31 heavy (non-hydrogen) atoms. The van der Waals surface area contributed by atoms with Crippen molar-refractivity contribution in [1.29, 1.82) is 0 Å². The second kappa shape index (κ2) is 14.6. The van der Waals surface area contributed by atoms with E-state index in [1.807, 2.05) is 0 Å². The van der Waals surface area contributed by atoms with Gasteiger partial charge in [0.05, 0.1) is 6.16 Å². The first-order valence-corrected chi connectivity index (χ1v) is 13.6. The molecule has 0 saturated carbocycles. The molecule has 0 aliphatic carbocycles. The average Bonchev–Trinajstić information content (AvgIpc) is 2.82. The summed E-state index contributed by atoms with van der Waals surface area (Å²) >= 11 is 5.77. The molecule has 0 aromatic heterocycles. The summed E-state index contributed by atoms with van der Waals surface area (Å²) in [6.45, 7) is 0. The first-order valence-electron chi connectivity index (χ1n) is 11.1.